The first kappa shape index (κ1) is 19.4. The molecule has 0 aliphatic heterocycles. The second-order valence-corrected chi connectivity index (χ2v) is 6.20. The fourth-order valence-electron chi connectivity index (χ4n) is 2.46. The summed E-state index contributed by atoms with van der Waals surface area (Å²) in [4.78, 5) is 16.1. The normalized spacial score (nSPS) is 10.3. The zero-order valence-electron chi connectivity index (χ0n) is 15.5. The molecule has 0 amide bonds. The summed E-state index contributed by atoms with van der Waals surface area (Å²) in [5.41, 5.74) is 2.63. The van der Waals surface area contributed by atoms with Crippen LogP contribution in [0.4, 0.5) is 23.1 Å². The van der Waals surface area contributed by atoms with Gasteiger partial charge in [-0.05, 0) is 36.8 Å². The molecule has 0 saturated carbocycles. The monoisotopic (exact) mass is 399 g/mol. The third-order valence-electron chi connectivity index (χ3n) is 3.84. The molecule has 0 atom stereocenters. The summed E-state index contributed by atoms with van der Waals surface area (Å²) in [6.45, 7) is 1.89. The van der Waals surface area contributed by atoms with E-state index in [2.05, 4.69) is 25.8 Å². The molecule has 0 aliphatic rings. The van der Waals surface area contributed by atoms with Gasteiger partial charge in [-0.25, -0.2) is 4.79 Å². The summed E-state index contributed by atoms with van der Waals surface area (Å²) in [7, 11) is 2.89. The number of benzene rings is 2. The van der Waals surface area contributed by atoms with Gasteiger partial charge in [0.25, 0.3) is 0 Å². The lowest BCUT2D eigenvalue weighted by atomic mass is 10.2. The number of nitrogens with one attached hydrogen (secondary N) is 2. The van der Waals surface area contributed by atoms with Gasteiger partial charge in [-0.1, -0.05) is 17.7 Å². The van der Waals surface area contributed by atoms with Gasteiger partial charge in [0.05, 0.1) is 31.7 Å². The third kappa shape index (κ3) is 4.47. The molecule has 144 valence electrons. The quantitative estimate of drug-likeness (QED) is 0.597. The van der Waals surface area contributed by atoms with Crippen molar-refractivity contribution in [1.29, 1.82) is 0 Å². The molecule has 0 spiro atoms. The Kier molecular flexibility index (Phi) is 5.90. The predicted octanol–water partition coefficient (Wildman–Crippen LogP) is 4.12. The molecule has 28 heavy (non-hydrogen) atoms. The molecule has 0 fully saturated rings. The van der Waals surface area contributed by atoms with Crippen LogP contribution in [0.3, 0.4) is 0 Å². The van der Waals surface area contributed by atoms with E-state index in [1.807, 2.05) is 13.0 Å². The van der Waals surface area contributed by atoms with E-state index in [-0.39, 0.29) is 5.95 Å². The van der Waals surface area contributed by atoms with Crippen LogP contribution in [0.25, 0.3) is 0 Å². The minimum Gasteiger partial charge on any atom is -0.495 e. The molecule has 2 aromatic carbocycles. The molecule has 1 heterocycles. The van der Waals surface area contributed by atoms with E-state index in [0.29, 0.717) is 33.5 Å². The van der Waals surface area contributed by atoms with Gasteiger partial charge in [0.2, 0.25) is 5.95 Å². The lowest BCUT2D eigenvalue weighted by Gasteiger charge is -2.12. The van der Waals surface area contributed by atoms with E-state index in [4.69, 9.17) is 21.1 Å². The molecule has 0 saturated heterocycles. The topological polar surface area (TPSA) is 98.3 Å². The summed E-state index contributed by atoms with van der Waals surface area (Å²) in [5, 5.41) is 14.7. The maximum atomic E-state index is 11.7. The number of carbonyl (C=O) groups excluding carboxylic acids is 1. The summed E-state index contributed by atoms with van der Waals surface area (Å²) >= 11 is 6.13. The molecule has 0 bridgehead atoms. The number of aryl methyl sites for hydroxylation is 1. The Labute approximate surface area is 166 Å². The average molecular weight is 400 g/mol. The first-order chi connectivity index (χ1) is 13.5. The second kappa shape index (κ2) is 8.53. The second-order valence-electron chi connectivity index (χ2n) is 5.79. The first-order valence-corrected chi connectivity index (χ1v) is 8.64. The van der Waals surface area contributed by atoms with E-state index in [9.17, 15) is 4.79 Å². The van der Waals surface area contributed by atoms with Gasteiger partial charge >= 0.3 is 5.97 Å². The van der Waals surface area contributed by atoms with Crippen LogP contribution in [0.1, 0.15) is 15.9 Å². The highest BCUT2D eigenvalue weighted by Crippen LogP contribution is 2.32. The number of aromatic nitrogens is 3. The fraction of sp³-hybridized carbons (Fsp3) is 0.158. The maximum Gasteiger partial charge on any atom is 0.337 e. The van der Waals surface area contributed by atoms with E-state index >= 15 is 0 Å². The molecule has 0 radical (unpaired) electrons. The molecular formula is C19H18ClN5O3. The van der Waals surface area contributed by atoms with Crippen LogP contribution in [0.2, 0.25) is 5.02 Å². The Bertz CT molecular complexity index is 1010. The predicted molar refractivity (Wildman–Crippen MR) is 107 cm³/mol. The number of carbonyl (C=O) groups is 1. The van der Waals surface area contributed by atoms with Crippen LogP contribution >= 0.6 is 11.6 Å². The van der Waals surface area contributed by atoms with Crippen LogP contribution in [-0.2, 0) is 4.74 Å². The molecular weight excluding hydrogens is 382 g/mol. The standard InChI is InChI=1S/C19H18ClN5O3/c1-11-7-15(16(27-2)9-14(11)20)23-19-24-17(10-21-25-19)22-13-6-4-5-12(8-13)18(26)28-3/h4-10H,1-3H3,(H2,22,23,24,25). The summed E-state index contributed by atoms with van der Waals surface area (Å²) in [6, 6.07) is 10.4. The molecule has 3 rings (SSSR count). The van der Waals surface area contributed by atoms with Crippen molar-refractivity contribution in [2.24, 2.45) is 0 Å². The third-order valence-corrected chi connectivity index (χ3v) is 4.25. The zero-order valence-corrected chi connectivity index (χ0v) is 16.2. The van der Waals surface area contributed by atoms with Crippen LogP contribution in [-0.4, -0.2) is 35.4 Å². The fourth-order valence-corrected chi connectivity index (χ4v) is 2.61. The van der Waals surface area contributed by atoms with Gasteiger partial charge in [0, 0.05) is 16.8 Å². The number of nitrogens with zero attached hydrogens (tertiary/aromatic N) is 3. The highest BCUT2D eigenvalue weighted by Gasteiger charge is 2.10. The molecule has 8 nitrogen and oxygen atoms in total. The lowest BCUT2D eigenvalue weighted by Crippen LogP contribution is -2.05. The Hall–Kier alpha value is -3.39. The molecule has 2 N–H and O–H groups in total. The summed E-state index contributed by atoms with van der Waals surface area (Å²) < 4.78 is 10.1. The van der Waals surface area contributed by atoms with Crippen molar-refractivity contribution in [3.8, 4) is 5.75 Å². The van der Waals surface area contributed by atoms with Crippen LogP contribution in [0.5, 0.6) is 5.75 Å². The van der Waals surface area contributed by atoms with E-state index < -0.39 is 5.97 Å². The smallest absolute Gasteiger partial charge is 0.337 e. The number of hydrogen-bond acceptors (Lipinski definition) is 8. The van der Waals surface area contributed by atoms with Gasteiger partial charge in [-0.15, -0.1) is 5.10 Å². The van der Waals surface area contributed by atoms with Gasteiger partial charge in [-0.2, -0.15) is 10.1 Å². The molecule has 3 aromatic rings. The number of esters is 1. The molecule has 0 unspecified atom stereocenters. The highest BCUT2D eigenvalue weighted by atomic mass is 35.5. The average Bonchev–Trinajstić information content (AvgIpc) is 2.70. The Morgan fingerprint density at radius 3 is 2.71 bits per heavy atom. The van der Waals surface area contributed by atoms with Gasteiger partial charge in [0.1, 0.15) is 5.75 Å². The molecule has 1 aromatic heterocycles. The van der Waals surface area contributed by atoms with Crippen LogP contribution in [0, 0.1) is 6.92 Å². The number of anilines is 4. The zero-order chi connectivity index (χ0) is 20.1. The summed E-state index contributed by atoms with van der Waals surface area (Å²) in [5.74, 6) is 0.860. The van der Waals surface area contributed by atoms with Crippen molar-refractivity contribution in [3.05, 3.63) is 58.7 Å². The Morgan fingerprint density at radius 2 is 1.96 bits per heavy atom. The van der Waals surface area contributed by atoms with Gasteiger partial charge in [-0.3, -0.25) is 0 Å². The van der Waals surface area contributed by atoms with Crippen molar-refractivity contribution in [1.82, 2.24) is 15.2 Å². The minimum absolute atomic E-state index is 0.272. The van der Waals surface area contributed by atoms with Gasteiger partial charge in [0.15, 0.2) is 5.82 Å². The van der Waals surface area contributed by atoms with Crippen LogP contribution < -0.4 is 15.4 Å². The Morgan fingerprint density at radius 1 is 1.14 bits per heavy atom. The number of hydrogen-bond donors (Lipinski definition) is 2. The van der Waals surface area contributed by atoms with Crippen LogP contribution in [0.15, 0.2) is 42.6 Å². The first-order valence-electron chi connectivity index (χ1n) is 8.26. The number of halogens is 1. The van der Waals surface area contributed by atoms with Crippen molar-refractivity contribution in [2.75, 3.05) is 24.9 Å². The largest absolute Gasteiger partial charge is 0.495 e. The lowest BCUT2D eigenvalue weighted by molar-refractivity contribution is 0.0601. The van der Waals surface area contributed by atoms with Crippen molar-refractivity contribution in [3.63, 3.8) is 0 Å². The summed E-state index contributed by atoms with van der Waals surface area (Å²) in [6.07, 6.45) is 1.47. The van der Waals surface area contributed by atoms with Crippen molar-refractivity contribution < 1.29 is 14.3 Å². The number of rotatable bonds is 6. The highest BCUT2D eigenvalue weighted by molar-refractivity contribution is 6.31. The van der Waals surface area contributed by atoms with Gasteiger partial charge < -0.3 is 20.1 Å². The Balaban J connectivity index is 1.82. The van der Waals surface area contributed by atoms with E-state index in [1.54, 1.807) is 37.4 Å². The number of ether oxygens (including phenoxy) is 2. The SMILES string of the molecule is COC(=O)c1cccc(Nc2cnnc(Nc3cc(C)c(Cl)cc3OC)n2)c1. The van der Waals surface area contributed by atoms with E-state index in [0.717, 1.165) is 5.56 Å². The maximum absolute atomic E-state index is 11.7. The number of methoxy groups -OCH3 is 2. The molecule has 0 aliphatic carbocycles. The molecule has 9 heteroatoms. The van der Waals surface area contributed by atoms with Crippen molar-refractivity contribution in [2.45, 2.75) is 6.92 Å². The van der Waals surface area contributed by atoms with Crippen molar-refractivity contribution >= 4 is 40.7 Å². The van der Waals surface area contributed by atoms with E-state index in [1.165, 1.54) is 13.3 Å². The minimum atomic E-state index is -0.419.